The van der Waals surface area contributed by atoms with Gasteiger partial charge in [-0.3, -0.25) is 9.48 Å². The Labute approximate surface area is 215 Å². The van der Waals surface area contributed by atoms with Gasteiger partial charge in [0, 0.05) is 29.7 Å². The zero-order chi connectivity index (χ0) is 25.8. The smallest absolute Gasteiger partial charge is 0.252 e. The fourth-order valence-electron chi connectivity index (χ4n) is 5.45. The van der Waals surface area contributed by atoms with Crippen molar-refractivity contribution in [2.24, 2.45) is 0 Å². The topological polar surface area (TPSA) is 85.7 Å². The summed E-state index contributed by atoms with van der Waals surface area (Å²) in [7, 11) is 6.33. The van der Waals surface area contributed by atoms with Crippen molar-refractivity contribution in [3.05, 3.63) is 52.4 Å². The van der Waals surface area contributed by atoms with Gasteiger partial charge in [0.25, 0.3) is 5.91 Å². The van der Waals surface area contributed by atoms with E-state index in [9.17, 15) is 9.90 Å². The van der Waals surface area contributed by atoms with Gasteiger partial charge >= 0.3 is 0 Å². The maximum absolute atomic E-state index is 13.5. The van der Waals surface area contributed by atoms with Crippen LogP contribution in [0.15, 0.2) is 41.2 Å². The highest BCUT2D eigenvalue weighted by Gasteiger charge is 2.23. The molecule has 1 unspecified atom stereocenters. The van der Waals surface area contributed by atoms with Crippen molar-refractivity contribution in [3.63, 3.8) is 0 Å². The van der Waals surface area contributed by atoms with E-state index in [2.05, 4.69) is 52.3 Å². The third-order valence-electron chi connectivity index (χ3n) is 7.36. The van der Waals surface area contributed by atoms with Crippen LogP contribution >= 0.6 is 0 Å². The fourth-order valence-corrected chi connectivity index (χ4v) is 5.45. The van der Waals surface area contributed by atoms with Crippen LogP contribution in [0.25, 0.3) is 10.9 Å². The van der Waals surface area contributed by atoms with Crippen LogP contribution in [0.3, 0.4) is 0 Å². The highest BCUT2D eigenvalue weighted by Crippen LogP contribution is 2.33. The number of fused-ring (bicyclic) bond motifs is 1. The number of aliphatic hydroxyl groups excluding tert-OH is 1. The summed E-state index contributed by atoms with van der Waals surface area (Å²) in [4.78, 5) is 18.0. The van der Waals surface area contributed by atoms with Gasteiger partial charge in [0.05, 0.1) is 23.3 Å². The Morgan fingerprint density at radius 2 is 1.94 bits per heavy atom. The summed E-state index contributed by atoms with van der Waals surface area (Å²) in [5.41, 5.74) is 5.48. The summed E-state index contributed by atoms with van der Waals surface area (Å²) in [6.07, 6.45) is 8.88. The number of carbonyl (C=O) groups excluding carboxylic acids is 1. The Morgan fingerprint density at radius 1 is 1.19 bits per heavy atom. The van der Waals surface area contributed by atoms with Gasteiger partial charge < -0.3 is 25.5 Å². The number of benzene rings is 1. The maximum atomic E-state index is 13.5. The average molecular weight is 495 g/mol. The van der Waals surface area contributed by atoms with Gasteiger partial charge in [0.15, 0.2) is 0 Å². The standard InChI is InChI=1S/C28H42N6O2/c1-19-13-20(2)31-28(36)24(19)16-29-27(35)23-14-21(18-33(5)12-8-11-32(3)4)15-26-25(23)17-30-34(26)22-9-6-7-10-22/h13-15,17,22,28,31,36H,6-12,16,18H2,1-5H3,(H,29,35). The number of rotatable bonds is 10. The highest BCUT2D eigenvalue weighted by molar-refractivity contribution is 6.06. The van der Waals surface area contributed by atoms with Crippen molar-refractivity contribution >= 4 is 16.8 Å². The summed E-state index contributed by atoms with van der Waals surface area (Å²) in [5.74, 6) is -0.137. The Morgan fingerprint density at radius 3 is 2.64 bits per heavy atom. The average Bonchev–Trinajstić information content (AvgIpc) is 3.47. The van der Waals surface area contributed by atoms with E-state index in [4.69, 9.17) is 5.10 Å². The predicted octanol–water partition coefficient (Wildman–Crippen LogP) is 3.41. The number of carbonyl (C=O) groups is 1. The second-order valence-electron chi connectivity index (χ2n) is 10.8. The summed E-state index contributed by atoms with van der Waals surface area (Å²) < 4.78 is 2.14. The van der Waals surface area contributed by atoms with Crippen LogP contribution in [0.4, 0.5) is 0 Å². The number of allylic oxidation sites excluding steroid dienone is 3. The molecule has 1 aliphatic heterocycles. The lowest BCUT2D eigenvalue weighted by Gasteiger charge is -2.25. The molecular formula is C28H42N6O2. The Hall–Kier alpha value is -2.68. The molecule has 0 spiro atoms. The molecule has 2 aromatic rings. The van der Waals surface area contributed by atoms with Crippen molar-refractivity contribution in [2.75, 3.05) is 40.8 Å². The molecule has 1 saturated carbocycles. The molecule has 196 valence electrons. The van der Waals surface area contributed by atoms with E-state index >= 15 is 0 Å². The van der Waals surface area contributed by atoms with Crippen molar-refractivity contribution in [1.29, 1.82) is 0 Å². The second-order valence-corrected chi connectivity index (χ2v) is 10.8. The third-order valence-corrected chi connectivity index (χ3v) is 7.36. The van der Waals surface area contributed by atoms with Crippen LogP contribution in [0.2, 0.25) is 0 Å². The van der Waals surface area contributed by atoms with Gasteiger partial charge in [-0.1, -0.05) is 12.8 Å². The van der Waals surface area contributed by atoms with Crippen molar-refractivity contribution < 1.29 is 9.90 Å². The van der Waals surface area contributed by atoms with Crippen LogP contribution in [0.1, 0.15) is 67.9 Å². The molecule has 8 heteroatoms. The largest absolute Gasteiger partial charge is 0.370 e. The quantitative estimate of drug-likeness (QED) is 0.469. The van der Waals surface area contributed by atoms with Gasteiger partial charge in [0.1, 0.15) is 6.23 Å². The first-order chi connectivity index (χ1) is 17.2. The first-order valence-corrected chi connectivity index (χ1v) is 13.2. The summed E-state index contributed by atoms with van der Waals surface area (Å²) >= 11 is 0. The maximum Gasteiger partial charge on any atom is 0.252 e. The van der Waals surface area contributed by atoms with E-state index in [1.807, 2.05) is 32.2 Å². The number of hydrogen-bond acceptors (Lipinski definition) is 6. The molecule has 4 rings (SSSR count). The zero-order valence-corrected chi connectivity index (χ0v) is 22.5. The van der Waals surface area contributed by atoms with Crippen molar-refractivity contribution in [3.8, 4) is 0 Å². The normalized spacial score (nSPS) is 18.9. The SMILES string of the molecule is CC1=CC(C)=C(CNC(=O)c2cc(CN(C)CCCN(C)C)cc3c2cnn3C2CCCC2)C(O)N1. The number of aromatic nitrogens is 2. The van der Waals surface area contributed by atoms with Crippen molar-refractivity contribution in [2.45, 2.75) is 64.8 Å². The van der Waals surface area contributed by atoms with Crippen molar-refractivity contribution in [1.82, 2.24) is 30.2 Å². The Bertz CT molecular complexity index is 1140. The molecule has 1 atom stereocenters. The molecule has 1 aromatic heterocycles. The number of dihydropyridines is 1. The molecule has 1 amide bonds. The minimum atomic E-state index is -0.789. The van der Waals surface area contributed by atoms with Crippen LogP contribution in [0, 0.1) is 0 Å². The molecule has 1 aromatic carbocycles. The second kappa shape index (κ2) is 11.6. The Kier molecular flexibility index (Phi) is 8.49. The molecule has 1 fully saturated rings. The highest BCUT2D eigenvalue weighted by atomic mass is 16.3. The van der Waals surface area contributed by atoms with E-state index in [0.29, 0.717) is 11.6 Å². The Balaban J connectivity index is 1.59. The molecule has 0 radical (unpaired) electrons. The van der Waals surface area contributed by atoms with Gasteiger partial charge in [-0.2, -0.15) is 5.10 Å². The number of hydrogen-bond donors (Lipinski definition) is 3. The van der Waals surface area contributed by atoms with E-state index < -0.39 is 6.23 Å². The van der Waals surface area contributed by atoms with Crippen LogP contribution in [-0.4, -0.2) is 77.6 Å². The molecule has 0 bridgehead atoms. The summed E-state index contributed by atoms with van der Waals surface area (Å²) in [6.45, 7) is 6.99. The lowest BCUT2D eigenvalue weighted by Crippen LogP contribution is -2.38. The van der Waals surface area contributed by atoms with Gasteiger partial charge in [-0.05, 0) is 96.7 Å². The molecular weight excluding hydrogens is 452 g/mol. The van der Waals surface area contributed by atoms with Crippen LogP contribution in [0.5, 0.6) is 0 Å². The minimum absolute atomic E-state index is 0.137. The summed E-state index contributed by atoms with van der Waals surface area (Å²) in [5, 5.41) is 22.2. The number of amides is 1. The molecule has 3 N–H and O–H groups in total. The lowest BCUT2D eigenvalue weighted by molar-refractivity contribution is 0.0954. The third kappa shape index (κ3) is 6.17. The molecule has 2 aliphatic rings. The molecule has 8 nitrogen and oxygen atoms in total. The van der Waals surface area contributed by atoms with Gasteiger partial charge in [-0.25, -0.2) is 0 Å². The molecule has 1 aliphatic carbocycles. The predicted molar refractivity (Wildman–Crippen MR) is 145 cm³/mol. The van der Waals surface area contributed by atoms with Crippen LogP contribution in [-0.2, 0) is 6.54 Å². The molecule has 36 heavy (non-hydrogen) atoms. The number of nitrogens with one attached hydrogen (secondary N) is 2. The fraction of sp³-hybridized carbons (Fsp3) is 0.571. The zero-order valence-electron chi connectivity index (χ0n) is 22.5. The van der Waals surface area contributed by atoms with E-state index in [1.54, 1.807) is 0 Å². The van der Waals surface area contributed by atoms with E-state index in [-0.39, 0.29) is 12.5 Å². The minimum Gasteiger partial charge on any atom is -0.370 e. The molecule has 2 heterocycles. The van der Waals surface area contributed by atoms with Gasteiger partial charge in [-0.15, -0.1) is 0 Å². The van der Waals surface area contributed by atoms with Gasteiger partial charge in [0.2, 0.25) is 0 Å². The van der Waals surface area contributed by atoms with E-state index in [1.165, 1.54) is 12.8 Å². The summed E-state index contributed by atoms with van der Waals surface area (Å²) in [6, 6.07) is 4.63. The molecule has 0 saturated heterocycles. The monoisotopic (exact) mass is 494 g/mol. The first kappa shape index (κ1) is 26.4. The first-order valence-electron chi connectivity index (χ1n) is 13.2. The number of nitrogens with zero attached hydrogens (tertiary/aromatic N) is 4. The van der Waals surface area contributed by atoms with Crippen LogP contribution < -0.4 is 10.6 Å². The lowest BCUT2D eigenvalue weighted by atomic mass is 10.0. The number of aliphatic hydroxyl groups is 1. The van der Waals surface area contributed by atoms with E-state index in [0.717, 1.165) is 72.2 Å².